The monoisotopic (exact) mass is 378 g/mol. The summed E-state index contributed by atoms with van der Waals surface area (Å²) >= 11 is 0. The number of nitrogens with zero attached hydrogens (tertiary/aromatic N) is 6. The molecule has 3 rings (SSSR count). The van der Waals surface area contributed by atoms with Crippen LogP contribution in [0.15, 0.2) is 36.7 Å². The van der Waals surface area contributed by atoms with Crippen LogP contribution >= 0.6 is 0 Å². The van der Waals surface area contributed by atoms with Crippen LogP contribution in [-0.4, -0.2) is 19.8 Å². The minimum Gasteiger partial charge on any atom is -0.163 e. The Balaban J connectivity index is 2.03. The highest BCUT2D eigenvalue weighted by molar-refractivity contribution is 5.33. The quantitative estimate of drug-likeness (QED) is 0.504. The zero-order valence-electron chi connectivity index (χ0n) is 13.4. The average molecular weight is 378 g/mol. The third kappa shape index (κ3) is 3.26. The Morgan fingerprint density at radius 1 is 0.769 bits per heavy atom. The van der Waals surface area contributed by atoms with Gasteiger partial charge in [-0.15, -0.1) is 18.7 Å². The molecule has 0 N–H and O–H groups in total. The number of hydrogen-bond acceptors (Lipinski definition) is 2. The number of aryl methyl sites for hydroxylation is 2. The Hall–Kier alpha value is -2.92. The molecule has 0 bridgehead atoms. The SMILES string of the molecule is Cn1n[n+](-c2cccc(-[n+]3cc(C(F)(F)F)n(C)n3)c2)cc1C(F)(F)F. The zero-order valence-corrected chi connectivity index (χ0v) is 13.4. The summed E-state index contributed by atoms with van der Waals surface area (Å²) in [5.41, 5.74) is -1.46. The number of hydrogen-bond donors (Lipinski definition) is 0. The van der Waals surface area contributed by atoms with Crippen LogP contribution in [0.25, 0.3) is 11.4 Å². The molecule has 26 heavy (non-hydrogen) atoms. The summed E-state index contributed by atoms with van der Waals surface area (Å²) in [5, 5.41) is 7.49. The first kappa shape index (κ1) is 17.9. The molecular weight excluding hydrogens is 366 g/mol. The highest BCUT2D eigenvalue weighted by Gasteiger charge is 2.42. The summed E-state index contributed by atoms with van der Waals surface area (Å²) < 4.78 is 80.6. The molecule has 6 nitrogen and oxygen atoms in total. The van der Waals surface area contributed by atoms with E-state index < -0.39 is 23.7 Å². The van der Waals surface area contributed by atoms with E-state index in [1.807, 2.05) is 0 Å². The van der Waals surface area contributed by atoms with Crippen LogP contribution in [-0.2, 0) is 26.4 Å². The smallest absolute Gasteiger partial charge is 0.163 e. The van der Waals surface area contributed by atoms with Gasteiger partial charge in [-0.3, -0.25) is 0 Å². The van der Waals surface area contributed by atoms with Gasteiger partial charge in [0.25, 0.3) is 11.4 Å². The van der Waals surface area contributed by atoms with Crippen molar-refractivity contribution in [3.63, 3.8) is 0 Å². The van der Waals surface area contributed by atoms with E-state index in [-0.39, 0.29) is 11.4 Å². The number of benzene rings is 1. The third-order valence-electron chi connectivity index (χ3n) is 3.59. The zero-order chi connectivity index (χ0) is 19.3. The molecule has 0 atom stereocenters. The molecule has 0 fully saturated rings. The van der Waals surface area contributed by atoms with Gasteiger partial charge in [0.05, 0.1) is 10.4 Å². The van der Waals surface area contributed by atoms with Crippen molar-refractivity contribution < 1.29 is 35.7 Å². The molecule has 0 radical (unpaired) electrons. The fourth-order valence-corrected chi connectivity index (χ4v) is 2.38. The number of halogens is 6. The molecule has 0 saturated heterocycles. The van der Waals surface area contributed by atoms with Crippen LogP contribution in [0.2, 0.25) is 0 Å². The minimum atomic E-state index is -4.58. The van der Waals surface area contributed by atoms with Crippen LogP contribution in [0.4, 0.5) is 26.3 Å². The van der Waals surface area contributed by atoms with E-state index in [9.17, 15) is 26.3 Å². The minimum absolute atomic E-state index is 0.236. The van der Waals surface area contributed by atoms with Crippen molar-refractivity contribution in [3.05, 3.63) is 48.0 Å². The summed E-state index contributed by atoms with van der Waals surface area (Å²) in [6.07, 6.45) is -7.57. The molecule has 2 heterocycles. The van der Waals surface area contributed by atoms with Crippen molar-refractivity contribution in [2.24, 2.45) is 14.1 Å². The van der Waals surface area contributed by atoms with E-state index in [0.29, 0.717) is 9.36 Å². The van der Waals surface area contributed by atoms with Crippen molar-refractivity contribution in [2.75, 3.05) is 0 Å². The van der Waals surface area contributed by atoms with E-state index in [1.165, 1.54) is 24.3 Å². The molecule has 1 aromatic carbocycles. The van der Waals surface area contributed by atoms with E-state index in [1.54, 1.807) is 0 Å². The fraction of sp³-hybridized carbons (Fsp3) is 0.286. The van der Waals surface area contributed by atoms with Gasteiger partial charge in [0.1, 0.15) is 14.1 Å². The molecule has 0 amide bonds. The molecular formula is C14H12F6N6+2. The summed E-state index contributed by atoms with van der Waals surface area (Å²) in [7, 11) is 2.29. The van der Waals surface area contributed by atoms with Gasteiger partial charge in [-0.2, -0.15) is 26.3 Å². The van der Waals surface area contributed by atoms with Gasteiger partial charge < -0.3 is 0 Å². The summed E-state index contributed by atoms with van der Waals surface area (Å²) in [5.74, 6) is 0. The van der Waals surface area contributed by atoms with Crippen molar-refractivity contribution in [2.45, 2.75) is 12.4 Å². The molecule has 138 valence electrons. The molecule has 2 aromatic heterocycles. The van der Waals surface area contributed by atoms with Crippen LogP contribution in [0.3, 0.4) is 0 Å². The molecule has 0 aliphatic rings. The number of aromatic nitrogens is 6. The van der Waals surface area contributed by atoms with Gasteiger partial charge in [0, 0.05) is 6.07 Å². The largest absolute Gasteiger partial charge is 0.459 e. The van der Waals surface area contributed by atoms with Gasteiger partial charge in [0.15, 0.2) is 23.8 Å². The van der Waals surface area contributed by atoms with Crippen molar-refractivity contribution in [1.29, 1.82) is 0 Å². The summed E-state index contributed by atoms with van der Waals surface area (Å²) in [6, 6.07) is 5.81. The van der Waals surface area contributed by atoms with Crippen molar-refractivity contribution >= 4 is 0 Å². The van der Waals surface area contributed by atoms with Crippen LogP contribution in [0, 0.1) is 0 Å². The Morgan fingerprint density at radius 3 is 1.46 bits per heavy atom. The number of rotatable bonds is 2. The first-order chi connectivity index (χ1) is 12.0. The predicted molar refractivity (Wildman–Crippen MR) is 73.0 cm³/mol. The van der Waals surface area contributed by atoms with E-state index in [4.69, 9.17) is 0 Å². The Morgan fingerprint density at radius 2 is 1.15 bits per heavy atom. The van der Waals surface area contributed by atoms with Crippen LogP contribution in [0.5, 0.6) is 0 Å². The van der Waals surface area contributed by atoms with Gasteiger partial charge in [0.2, 0.25) is 0 Å². The van der Waals surface area contributed by atoms with Gasteiger partial charge in [-0.05, 0) is 12.1 Å². The first-order valence-corrected chi connectivity index (χ1v) is 7.14. The van der Waals surface area contributed by atoms with Crippen molar-refractivity contribution in [3.8, 4) is 11.4 Å². The molecule has 0 aliphatic heterocycles. The van der Waals surface area contributed by atoms with E-state index in [0.717, 1.165) is 35.9 Å². The first-order valence-electron chi connectivity index (χ1n) is 7.14. The lowest BCUT2D eigenvalue weighted by atomic mass is 10.3. The maximum absolute atomic E-state index is 12.9. The molecule has 0 spiro atoms. The summed E-state index contributed by atoms with van der Waals surface area (Å²) in [6.45, 7) is 0. The van der Waals surface area contributed by atoms with Crippen LogP contribution < -0.4 is 9.36 Å². The van der Waals surface area contributed by atoms with Crippen LogP contribution in [0.1, 0.15) is 11.4 Å². The fourth-order valence-electron chi connectivity index (χ4n) is 2.38. The van der Waals surface area contributed by atoms with E-state index in [2.05, 4.69) is 10.4 Å². The van der Waals surface area contributed by atoms with Crippen molar-refractivity contribution in [1.82, 2.24) is 19.8 Å². The topological polar surface area (TPSA) is 43.4 Å². The van der Waals surface area contributed by atoms with Gasteiger partial charge in [-0.25, -0.2) is 0 Å². The second-order valence-electron chi connectivity index (χ2n) is 5.46. The highest BCUT2D eigenvalue weighted by atomic mass is 19.4. The lowest BCUT2D eigenvalue weighted by molar-refractivity contribution is -0.669. The average Bonchev–Trinajstić information content (AvgIpc) is 3.10. The highest BCUT2D eigenvalue weighted by Crippen LogP contribution is 2.28. The predicted octanol–water partition coefficient (Wildman–Crippen LogP) is 1.74. The second-order valence-corrected chi connectivity index (χ2v) is 5.46. The Bertz CT molecular complexity index is 878. The van der Waals surface area contributed by atoms with Gasteiger partial charge >= 0.3 is 12.4 Å². The molecule has 3 aromatic rings. The lowest BCUT2D eigenvalue weighted by Crippen LogP contribution is -2.36. The maximum Gasteiger partial charge on any atom is 0.459 e. The van der Waals surface area contributed by atoms with E-state index >= 15 is 0 Å². The third-order valence-corrected chi connectivity index (χ3v) is 3.59. The lowest BCUT2D eigenvalue weighted by Gasteiger charge is -1.98. The summed E-state index contributed by atoms with van der Waals surface area (Å²) in [4.78, 5) is 0. The Kier molecular flexibility index (Phi) is 4.00. The molecule has 12 heteroatoms. The normalized spacial score (nSPS) is 12.6. The molecule has 0 aliphatic carbocycles. The Labute approximate surface area is 142 Å². The molecule has 0 saturated carbocycles. The van der Waals surface area contributed by atoms with Gasteiger partial charge in [-0.1, -0.05) is 6.07 Å². The maximum atomic E-state index is 12.9. The standard InChI is InChI=1S/C14H12F6N6/c1-23-11(13(15,16)17)7-25(21-23)9-4-3-5-10(6-9)26-8-12(14(18,19)20)24(2)22-26/h3-8H,1-2H3/q+2. The second kappa shape index (κ2) is 5.81. The molecule has 0 unspecified atom stereocenters. The number of alkyl halides is 6.